The van der Waals surface area contributed by atoms with Gasteiger partial charge in [0, 0.05) is 31.5 Å². The normalized spacial score (nSPS) is 17.7. The van der Waals surface area contributed by atoms with Crippen molar-refractivity contribution in [3.8, 4) is 0 Å². The summed E-state index contributed by atoms with van der Waals surface area (Å²) in [7, 11) is -2.14. The van der Waals surface area contributed by atoms with E-state index in [9.17, 15) is 18.0 Å². The molecule has 8 nitrogen and oxygen atoms in total. The lowest BCUT2D eigenvalue weighted by Crippen LogP contribution is -2.50. The molecule has 1 unspecified atom stereocenters. The van der Waals surface area contributed by atoms with Crippen LogP contribution in [0.5, 0.6) is 0 Å². The fraction of sp³-hybridized carbons (Fsp3) is 0.444. The van der Waals surface area contributed by atoms with Crippen molar-refractivity contribution in [3.05, 3.63) is 41.3 Å². The highest BCUT2D eigenvalue weighted by atomic mass is 32.2. The van der Waals surface area contributed by atoms with E-state index in [2.05, 4.69) is 5.32 Å². The molecular formula is C18H25N3O5S. The summed E-state index contributed by atoms with van der Waals surface area (Å²) in [5.41, 5.74) is 6.03. The number of nitrogens with two attached hydrogens (primary N) is 1. The molecule has 1 aromatic rings. The van der Waals surface area contributed by atoms with Crippen LogP contribution < -0.4 is 11.1 Å². The first kappa shape index (κ1) is 21.1. The Hall–Kier alpha value is -2.23. The van der Waals surface area contributed by atoms with Crippen LogP contribution in [0.1, 0.15) is 18.4 Å². The second-order valence-electron chi connectivity index (χ2n) is 6.35. The maximum Gasteiger partial charge on any atom is 0.242 e. The fourth-order valence-electron chi connectivity index (χ4n) is 2.84. The second-order valence-corrected chi connectivity index (χ2v) is 8.17. The Morgan fingerprint density at radius 3 is 2.48 bits per heavy atom. The van der Waals surface area contributed by atoms with E-state index in [4.69, 9.17) is 10.5 Å². The van der Waals surface area contributed by atoms with Gasteiger partial charge in [-0.25, -0.2) is 8.42 Å². The van der Waals surface area contributed by atoms with Crippen molar-refractivity contribution < 1.29 is 22.7 Å². The van der Waals surface area contributed by atoms with E-state index in [-0.39, 0.29) is 31.5 Å². The van der Waals surface area contributed by atoms with E-state index < -0.39 is 22.0 Å². The molecule has 0 aliphatic carbocycles. The molecule has 3 N–H and O–H groups in total. The summed E-state index contributed by atoms with van der Waals surface area (Å²) < 4.78 is 31.1. The van der Waals surface area contributed by atoms with Crippen molar-refractivity contribution >= 4 is 27.9 Å². The number of nitrogens with one attached hydrogen (secondary N) is 1. The molecule has 2 amide bonds. The maximum absolute atomic E-state index is 12.4. The number of benzene rings is 1. The van der Waals surface area contributed by atoms with E-state index in [1.165, 1.54) is 16.8 Å². The number of primary amides is 1. The molecule has 1 aliphatic heterocycles. The summed E-state index contributed by atoms with van der Waals surface area (Å²) in [4.78, 5) is 23.6. The average Bonchev–Trinajstić information content (AvgIpc) is 2.67. The third-order valence-corrected chi connectivity index (χ3v) is 5.97. The summed E-state index contributed by atoms with van der Waals surface area (Å²) >= 11 is 0. The zero-order valence-corrected chi connectivity index (χ0v) is 16.0. The van der Waals surface area contributed by atoms with Gasteiger partial charge in [-0.15, -0.1) is 0 Å². The molecule has 2 rings (SSSR count). The Kier molecular flexibility index (Phi) is 7.52. The van der Waals surface area contributed by atoms with Crippen molar-refractivity contribution in [2.45, 2.75) is 18.9 Å². The van der Waals surface area contributed by atoms with E-state index in [0.717, 1.165) is 5.56 Å². The molecule has 148 valence electrons. The maximum atomic E-state index is 12.4. The third-order valence-electron chi connectivity index (χ3n) is 4.41. The van der Waals surface area contributed by atoms with Gasteiger partial charge in [-0.2, -0.15) is 4.31 Å². The van der Waals surface area contributed by atoms with Crippen LogP contribution >= 0.6 is 0 Å². The summed E-state index contributed by atoms with van der Waals surface area (Å²) in [6.45, 7) is 0.481. The number of nitrogens with zero attached hydrogens (tertiary/aromatic N) is 1. The Morgan fingerprint density at radius 2 is 1.93 bits per heavy atom. The predicted molar refractivity (Wildman–Crippen MR) is 102 cm³/mol. The molecule has 27 heavy (non-hydrogen) atoms. The van der Waals surface area contributed by atoms with Crippen LogP contribution in [-0.4, -0.2) is 57.4 Å². The van der Waals surface area contributed by atoms with Gasteiger partial charge in [0.2, 0.25) is 21.8 Å². The van der Waals surface area contributed by atoms with Crippen LogP contribution in [-0.2, 0) is 24.3 Å². The zero-order valence-electron chi connectivity index (χ0n) is 15.2. The number of hydrogen-bond acceptors (Lipinski definition) is 5. The SMILES string of the molecule is COCC(NC(=O)C1CCN(S(=O)(=O)C=Cc2ccccc2)CC1)C(N)=O. The van der Waals surface area contributed by atoms with Crippen molar-refractivity contribution in [3.63, 3.8) is 0 Å². The molecule has 0 saturated carbocycles. The summed E-state index contributed by atoms with van der Waals surface area (Å²) in [5.74, 6) is -1.35. The molecule has 0 spiro atoms. The third kappa shape index (κ3) is 6.16. The average molecular weight is 395 g/mol. The molecular weight excluding hydrogens is 370 g/mol. The van der Waals surface area contributed by atoms with Gasteiger partial charge in [0.25, 0.3) is 0 Å². The molecule has 1 saturated heterocycles. The summed E-state index contributed by atoms with van der Waals surface area (Å²) in [6, 6.07) is 8.27. The minimum absolute atomic E-state index is 0.00141. The van der Waals surface area contributed by atoms with Crippen molar-refractivity contribution in [2.75, 3.05) is 26.8 Å². The smallest absolute Gasteiger partial charge is 0.242 e. The molecule has 1 heterocycles. The van der Waals surface area contributed by atoms with Crippen LogP contribution in [0, 0.1) is 5.92 Å². The number of carbonyl (C=O) groups excluding carboxylic acids is 2. The number of piperidine rings is 1. The van der Waals surface area contributed by atoms with Gasteiger partial charge in [0.1, 0.15) is 6.04 Å². The van der Waals surface area contributed by atoms with Crippen LogP contribution in [0.25, 0.3) is 6.08 Å². The standard InChI is InChI=1S/C18H25N3O5S/c1-26-13-16(17(19)22)20-18(23)15-7-10-21(11-8-15)27(24,25)12-9-14-5-3-2-4-6-14/h2-6,9,12,15-16H,7-8,10-11,13H2,1H3,(H2,19,22)(H,20,23). The number of sulfonamides is 1. The van der Waals surface area contributed by atoms with Gasteiger partial charge in [0.05, 0.1) is 6.61 Å². The molecule has 0 bridgehead atoms. The van der Waals surface area contributed by atoms with Crippen molar-refractivity contribution in [1.82, 2.24) is 9.62 Å². The van der Waals surface area contributed by atoms with E-state index in [1.807, 2.05) is 30.3 Å². The quantitative estimate of drug-likeness (QED) is 0.657. The zero-order chi connectivity index (χ0) is 19.9. The van der Waals surface area contributed by atoms with E-state index in [0.29, 0.717) is 12.8 Å². The molecule has 0 radical (unpaired) electrons. The lowest BCUT2D eigenvalue weighted by Gasteiger charge is -2.30. The molecule has 1 aliphatic rings. The van der Waals surface area contributed by atoms with Crippen LogP contribution in [0.15, 0.2) is 35.7 Å². The highest BCUT2D eigenvalue weighted by Crippen LogP contribution is 2.21. The van der Waals surface area contributed by atoms with Gasteiger partial charge in [0.15, 0.2) is 0 Å². The van der Waals surface area contributed by atoms with Gasteiger partial charge >= 0.3 is 0 Å². The first-order chi connectivity index (χ1) is 12.8. The monoisotopic (exact) mass is 395 g/mol. The summed E-state index contributed by atoms with van der Waals surface area (Å²) in [6.07, 6.45) is 2.31. The Morgan fingerprint density at radius 1 is 1.30 bits per heavy atom. The fourth-order valence-corrected chi connectivity index (χ4v) is 4.06. The number of carbonyl (C=O) groups is 2. The van der Waals surface area contributed by atoms with E-state index in [1.54, 1.807) is 6.08 Å². The first-order valence-electron chi connectivity index (χ1n) is 8.65. The highest BCUT2D eigenvalue weighted by molar-refractivity contribution is 7.92. The predicted octanol–water partition coefficient (Wildman–Crippen LogP) is 0.316. The Balaban J connectivity index is 1.91. The second kappa shape index (κ2) is 9.63. The largest absolute Gasteiger partial charge is 0.382 e. The number of rotatable bonds is 8. The molecule has 9 heteroatoms. The van der Waals surface area contributed by atoms with Gasteiger partial charge in [-0.3, -0.25) is 9.59 Å². The van der Waals surface area contributed by atoms with Crippen molar-refractivity contribution in [2.24, 2.45) is 11.7 Å². The number of methoxy groups -OCH3 is 1. The van der Waals surface area contributed by atoms with Gasteiger partial charge in [-0.05, 0) is 24.5 Å². The Labute approximate surface area is 159 Å². The number of amides is 2. The van der Waals surface area contributed by atoms with Crippen LogP contribution in [0.3, 0.4) is 0 Å². The number of ether oxygens (including phenoxy) is 1. The molecule has 0 aromatic heterocycles. The Bertz CT molecular complexity index is 771. The van der Waals surface area contributed by atoms with E-state index >= 15 is 0 Å². The lowest BCUT2D eigenvalue weighted by atomic mass is 9.97. The topological polar surface area (TPSA) is 119 Å². The van der Waals surface area contributed by atoms with Gasteiger partial charge in [-0.1, -0.05) is 30.3 Å². The molecule has 1 fully saturated rings. The number of hydrogen-bond donors (Lipinski definition) is 2. The van der Waals surface area contributed by atoms with Crippen LogP contribution in [0.2, 0.25) is 0 Å². The highest BCUT2D eigenvalue weighted by Gasteiger charge is 2.31. The first-order valence-corrected chi connectivity index (χ1v) is 10.2. The van der Waals surface area contributed by atoms with Crippen molar-refractivity contribution in [1.29, 1.82) is 0 Å². The lowest BCUT2D eigenvalue weighted by molar-refractivity contribution is -0.131. The minimum atomic E-state index is -3.55. The van der Waals surface area contributed by atoms with Crippen LogP contribution in [0.4, 0.5) is 0 Å². The van der Waals surface area contributed by atoms with Gasteiger partial charge < -0.3 is 15.8 Å². The molecule has 1 atom stereocenters. The molecule has 1 aromatic carbocycles. The minimum Gasteiger partial charge on any atom is -0.382 e. The summed E-state index contributed by atoms with van der Waals surface area (Å²) in [5, 5.41) is 3.75.